The zero-order valence-corrected chi connectivity index (χ0v) is 14.6. The van der Waals surface area contributed by atoms with Gasteiger partial charge < -0.3 is 4.90 Å². The molecule has 126 valence electrons. The van der Waals surface area contributed by atoms with Gasteiger partial charge in [0, 0.05) is 16.8 Å². The van der Waals surface area contributed by atoms with Crippen LogP contribution in [0.2, 0.25) is 0 Å². The lowest BCUT2D eigenvalue weighted by molar-refractivity contribution is 0.402. The van der Waals surface area contributed by atoms with Crippen LogP contribution in [-0.4, -0.2) is 10.7 Å². The van der Waals surface area contributed by atoms with Crippen molar-refractivity contribution in [2.75, 3.05) is 5.01 Å². The lowest BCUT2D eigenvalue weighted by Gasteiger charge is -2.36. The standard InChI is InChI=1S/C23H19N3/c1-17-16-19-12-8-9-15-21(19)23-25(17)22(18-10-4-2-5-11-18)24-26(23)20-13-6-3-7-14-20/h2-16,23H,1H3. The van der Waals surface area contributed by atoms with Gasteiger partial charge in [0.15, 0.2) is 12.0 Å². The Kier molecular flexibility index (Phi) is 3.39. The first-order valence-corrected chi connectivity index (χ1v) is 8.88. The molecule has 0 amide bonds. The molecule has 0 saturated heterocycles. The molecule has 3 heteroatoms. The van der Waals surface area contributed by atoms with Crippen molar-refractivity contribution in [2.24, 2.45) is 5.10 Å². The van der Waals surface area contributed by atoms with E-state index in [-0.39, 0.29) is 6.17 Å². The van der Waals surface area contributed by atoms with E-state index < -0.39 is 0 Å². The molecule has 3 aromatic rings. The van der Waals surface area contributed by atoms with Crippen LogP contribution in [0.25, 0.3) is 6.08 Å². The van der Waals surface area contributed by atoms with Crippen molar-refractivity contribution in [3.8, 4) is 0 Å². The summed E-state index contributed by atoms with van der Waals surface area (Å²) in [6.07, 6.45) is 2.28. The molecule has 3 aromatic carbocycles. The van der Waals surface area contributed by atoms with Crippen molar-refractivity contribution < 1.29 is 0 Å². The van der Waals surface area contributed by atoms with Gasteiger partial charge in [-0.15, -0.1) is 0 Å². The van der Waals surface area contributed by atoms with Gasteiger partial charge in [-0.05, 0) is 30.7 Å². The second kappa shape index (κ2) is 5.88. The number of allylic oxidation sites excluding steroid dienone is 1. The molecule has 0 spiro atoms. The van der Waals surface area contributed by atoms with Gasteiger partial charge in [0.2, 0.25) is 0 Å². The molecule has 3 nitrogen and oxygen atoms in total. The van der Waals surface area contributed by atoms with E-state index in [0.717, 1.165) is 17.1 Å². The summed E-state index contributed by atoms with van der Waals surface area (Å²) in [4.78, 5) is 2.34. The van der Waals surface area contributed by atoms with Crippen LogP contribution in [0, 0.1) is 0 Å². The lowest BCUT2D eigenvalue weighted by atomic mass is 9.97. The first-order valence-electron chi connectivity index (χ1n) is 8.88. The molecule has 0 radical (unpaired) electrons. The molecular weight excluding hydrogens is 318 g/mol. The van der Waals surface area contributed by atoms with Gasteiger partial charge in [-0.25, -0.2) is 5.01 Å². The molecule has 1 atom stereocenters. The maximum Gasteiger partial charge on any atom is 0.162 e. The summed E-state index contributed by atoms with van der Waals surface area (Å²) in [5, 5.41) is 7.19. The monoisotopic (exact) mass is 337 g/mol. The van der Waals surface area contributed by atoms with E-state index in [0.29, 0.717) is 0 Å². The Morgan fingerprint density at radius 1 is 0.769 bits per heavy atom. The second-order valence-corrected chi connectivity index (χ2v) is 6.63. The third-order valence-electron chi connectivity index (χ3n) is 4.98. The molecule has 1 unspecified atom stereocenters. The second-order valence-electron chi connectivity index (χ2n) is 6.63. The van der Waals surface area contributed by atoms with Crippen molar-refractivity contribution in [1.82, 2.24) is 4.90 Å². The highest BCUT2D eigenvalue weighted by Crippen LogP contribution is 2.43. The highest BCUT2D eigenvalue weighted by molar-refractivity contribution is 6.03. The molecule has 2 aliphatic rings. The minimum atomic E-state index is 0.0359. The van der Waals surface area contributed by atoms with Gasteiger partial charge in [-0.2, -0.15) is 5.10 Å². The molecule has 0 aliphatic carbocycles. The maximum absolute atomic E-state index is 5.06. The van der Waals surface area contributed by atoms with E-state index in [1.165, 1.54) is 16.8 Å². The summed E-state index contributed by atoms with van der Waals surface area (Å²) in [5.41, 5.74) is 5.96. The van der Waals surface area contributed by atoms with Crippen LogP contribution in [0.15, 0.2) is 95.7 Å². The van der Waals surface area contributed by atoms with Crippen LogP contribution in [0.3, 0.4) is 0 Å². The predicted molar refractivity (Wildman–Crippen MR) is 107 cm³/mol. The molecule has 5 rings (SSSR count). The van der Waals surface area contributed by atoms with Gasteiger partial charge in [-0.3, -0.25) is 0 Å². The van der Waals surface area contributed by atoms with Crippen LogP contribution in [0.5, 0.6) is 0 Å². The minimum absolute atomic E-state index is 0.0359. The Balaban J connectivity index is 1.72. The molecule has 2 heterocycles. The highest BCUT2D eigenvalue weighted by atomic mass is 15.6. The van der Waals surface area contributed by atoms with Crippen molar-refractivity contribution >= 4 is 17.6 Å². The lowest BCUT2D eigenvalue weighted by Crippen LogP contribution is -2.36. The molecule has 0 bridgehead atoms. The van der Waals surface area contributed by atoms with Gasteiger partial charge >= 0.3 is 0 Å². The average Bonchev–Trinajstić information content (AvgIpc) is 3.11. The summed E-state index contributed by atoms with van der Waals surface area (Å²) in [7, 11) is 0. The number of hydrogen-bond acceptors (Lipinski definition) is 3. The van der Waals surface area contributed by atoms with Gasteiger partial charge in [0.1, 0.15) is 0 Å². The summed E-state index contributed by atoms with van der Waals surface area (Å²) in [6.45, 7) is 2.16. The van der Waals surface area contributed by atoms with Crippen LogP contribution in [0.1, 0.15) is 29.8 Å². The summed E-state index contributed by atoms with van der Waals surface area (Å²) in [5.74, 6) is 0.989. The maximum atomic E-state index is 5.06. The van der Waals surface area contributed by atoms with E-state index in [9.17, 15) is 0 Å². The van der Waals surface area contributed by atoms with Gasteiger partial charge in [-0.1, -0.05) is 72.8 Å². The molecule has 2 aliphatic heterocycles. The average molecular weight is 337 g/mol. The summed E-state index contributed by atoms with van der Waals surface area (Å²) < 4.78 is 0. The first-order chi connectivity index (χ1) is 12.8. The quantitative estimate of drug-likeness (QED) is 0.636. The zero-order chi connectivity index (χ0) is 17.5. The van der Waals surface area contributed by atoms with Crippen LogP contribution in [0.4, 0.5) is 5.69 Å². The number of amidine groups is 1. The van der Waals surface area contributed by atoms with E-state index in [2.05, 4.69) is 95.7 Å². The number of hydrazone groups is 1. The molecular formula is C23H19N3. The molecule has 0 saturated carbocycles. The van der Waals surface area contributed by atoms with Crippen molar-refractivity contribution in [3.63, 3.8) is 0 Å². The number of nitrogens with zero attached hydrogens (tertiary/aromatic N) is 3. The fourth-order valence-corrected chi connectivity index (χ4v) is 3.80. The fourth-order valence-electron chi connectivity index (χ4n) is 3.80. The largest absolute Gasteiger partial charge is 0.301 e. The van der Waals surface area contributed by atoms with E-state index in [1.807, 2.05) is 12.1 Å². The first kappa shape index (κ1) is 15.0. The molecule has 0 aromatic heterocycles. The minimum Gasteiger partial charge on any atom is -0.301 e. The zero-order valence-electron chi connectivity index (χ0n) is 14.6. The number of hydrogen-bond donors (Lipinski definition) is 0. The number of anilines is 1. The van der Waals surface area contributed by atoms with Crippen molar-refractivity contribution in [1.29, 1.82) is 0 Å². The van der Waals surface area contributed by atoms with Gasteiger partial charge in [0.05, 0.1) is 5.69 Å². The van der Waals surface area contributed by atoms with Crippen molar-refractivity contribution in [2.45, 2.75) is 13.1 Å². The smallest absolute Gasteiger partial charge is 0.162 e. The SMILES string of the molecule is CC1=Cc2ccccc2C2N1C(c1ccccc1)=NN2c1ccccc1. The highest BCUT2D eigenvalue weighted by Gasteiger charge is 2.40. The summed E-state index contributed by atoms with van der Waals surface area (Å²) in [6, 6.07) is 29.4. The Hall–Kier alpha value is -3.33. The Labute approximate surface area is 153 Å². The Bertz CT molecular complexity index is 1010. The van der Waals surface area contributed by atoms with Crippen LogP contribution >= 0.6 is 0 Å². The number of fused-ring (bicyclic) bond motifs is 3. The predicted octanol–water partition coefficient (Wildman–Crippen LogP) is 5.24. The number of rotatable bonds is 2. The summed E-state index contributed by atoms with van der Waals surface area (Å²) >= 11 is 0. The van der Waals surface area contributed by atoms with E-state index >= 15 is 0 Å². The Morgan fingerprint density at radius 3 is 2.19 bits per heavy atom. The fraction of sp³-hybridized carbons (Fsp3) is 0.0870. The van der Waals surface area contributed by atoms with Crippen LogP contribution < -0.4 is 5.01 Å². The number of benzene rings is 3. The number of para-hydroxylation sites is 1. The van der Waals surface area contributed by atoms with E-state index in [1.54, 1.807) is 0 Å². The van der Waals surface area contributed by atoms with E-state index in [4.69, 9.17) is 5.10 Å². The molecule has 0 fully saturated rings. The molecule has 0 N–H and O–H groups in total. The third-order valence-corrected chi connectivity index (χ3v) is 4.98. The van der Waals surface area contributed by atoms with Gasteiger partial charge in [0.25, 0.3) is 0 Å². The topological polar surface area (TPSA) is 18.8 Å². The van der Waals surface area contributed by atoms with Crippen LogP contribution in [-0.2, 0) is 0 Å². The normalized spacial score (nSPS) is 18.1. The van der Waals surface area contributed by atoms with Crippen molar-refractivity contribution in [3.05, 3.63) is 107 Å². The molecule has 26 heavy (non-hydrogen) atoms. The third kappa shape index (κ3) is 2.25. The Morgan fingerprint density at radius 2 is 1.42 bits per heavy atom.